The third-order valence-corrected chi connectivity index (χ3v) is 4.31. The van der Waals surface area contributed by atoms with Crippen LogP contribution in [0.1, 0.15) is 20.8 Å². The van der Waals surface area contributed by atoms with Crippen molar-refractivity contribution in [1.29, 1.82) is 0 Å². The first-order valence-corrected chi connectivity index (χ1v) is 8.15. The number of aromatic nitrogens is 1. The molecule has 0 bridgehead atoms. The molecule has 3 aromatic rings. The van der Waals surface area contributed by atoms with Crippen LogP contribution in [0.5, 0.6) is 0 Å². The van der Waals surface area contributed by atoms with Crippen molar-refractivity contribution in [2.75, 3.05) is 5.32 Å². The molecule has 1 aromatic heterocycles. The molecule has 0 unspecified atom stereocenters. The molecule has 7 heteroatoms. The molecule has 1 N–H and O–H groups in total. The molecular weight excluding hydrogens is 354 g/mol. The smallest absolute Gasteiger partial charge is 0.257 e. The summed E-state index contributed by atoms with van der Waals surface area (Å²) in [6.45, 7) is 0. The molecule has 24 heavy (non-hydrogen) atoms. The first kappa shape index (κ1) is 16.5. The van der Waals surface area contributed by atoms with Crippen molar-refractivity contribution in [2.24, 2.45) is 0 Å². The minimum Gasteiger partial charge on any atom is -0.298 e. The van der Waals surface area contributed by atoms with Gasteiger partial charge in [0, 0.05) is 34.1 Å². The zero-order valence-electron chi connectivity index (χ0n) is 12.2. The highest BCUT2D eigenvalue weighted by Crippen LogP contribution is 2.23. The average molecular weight is 365 g/mol. The summed E-state index contributed by atoms with van der Waals surface area (Å²) < 4.78 is 26.3. The molecule has 1 heterocycles. The molecule has 3 rings (SSSR count). The van der Waals surface area contributed by atoms with Gasteiger partial charge >= 0.3 is 0 Å². The normalized spacial score (nSPS) is 10.6. The zero-order valence-corrected chi connectivity index (χ0v) is 13.8. The number of carbonyl (C=O) groups is 1. The van der Waals surface area contributed by atoms with Crippen molar-refractivity contribution in [3.05, 3.63) is 81.3 Å². The first-order chi connectivity index (χ1) is 11.5. The molecular formula is C17H11ClF2N2OS. The monoisotopic (exact) mass is 364 g/mol. The Balaban J connectivity index is 1.70. The molecule has 3 nitrogen and oxygen atoms in total. The third-order valence-electron chi connectivity index (χ3n) is 3.17. The predicted octanol–water partition coefficient (Wildman–Crippen LogP) is 4.92. The topological polar surface area (TPSA) is 42.0 Å². The van der Waals surface area contributed by atoms with Crippen molar-refractivity contribution < 1.29 is 13.6 Å². The van der Waals surface area contributed by atoms with E-state index in [0.717, 1.165) is 22.6 Å². The van der Waals surface area contributed by atoms with Gasteiger partial charge in [0.2, 0.25) is 0 Å². The third kappa shape index (κ3) is 4.15. The predicted molar refractivity (Wildman–Crippen MR) is 90.7 cm³/mol. The maximum atomic E-state index is 13.2. The highest BCUT2D eigenvalue weighted by molar-refractivity contribution is 7.15. The Bertz CT molecular complexity index is 878. The number of amides is 1. The molecule has 0 fully saturated rings. The van der Waals surface area contributed by atoms with Crippen LogP contribution in [0.3, 0.4) is 0 Å². The minimum absolute atomic E-state index is 0.0981. The molecule has 0 spiro atoms. The van der Waals surface area contributed by atoms with Crippen LogP contribution in [0, 0.1) is 11.6 Å². The van der Waals surface area contributed by atoms with Crippen LogP contribution in [0.4, 0.5) is 13.9 Å². The van der Waals surface area contributed by atoms with Crippen LogP contribution in [-0.2, 0) is 6.42 Å². The number of hydrogen-bond acceptors (Lipinski definition) is 3. The highest BCUT2D eigenvalue weighted by atomic mass is 35.5. The zero-order chi connectivity index (χ0) is 17.1. The lowest BCUT2D eigenvalue weighted by molar-refractivity contribution is 0.102. The van der Waals surface area contributed by atoms with Gasteiger partial charge in [0.1, 0.15) is 11.6 Å². The molecule has 0 saturated heterocycles. The number of hydrogen-bond donors (Lipinski definition) is 1. The van der Waals surface area contributed by atoms with E-state index in [1.165, 1.54) is 11.3 Å². The van der Waals surface area contributed by atoms with Crippen LogP contribution in [0.2, 0.25) is 5.02 Å². The fourth-order valence-corrected chi connectivity index (χ4v) is 3.20. The second-order valence-corrected chi connectivity index (χ2v) is 6.60. The van der Waals surface area contributed by atoms with E-state index in [-0.39, 0.29) is 5.56 Å². The van der Waals surface area contributed by atoms with Gasteiger partial charge in [-0.1, -0.05) is 23.7 Å². The van der Waals surface area contributed by atoms with E-state index >= 15 is 0 Å². The lowest BCUT2D eigenvalue weighted by atomic mass is 10.1. The van der Waals surface area contributed by atoms with Crippen molar-refractivity contribution in [1.82, 2.24) is 4.98 Å². The number of rotatable bonds is 4. The van der Waals surface area contributed by atoms with Gasteiger partial charge in [-0.3, -0.25) is 10.1 Å². The van der Waals surface area contributed by atoms with Gasteiger partial charge in [-0.15, -0.1) is 11.3 Å². The molecule has 122 valence electrons. The molecule has 2 aromatic carbocycles. The number of nitrogens with one attached hydrogen (secondary N) is 1. The van der Waals surface area contributed by atoms with Gasteiger partial charge in [0.15, 0.2) is 5.13 Å². The van der Waals surface area contributed by atoms with E-state index in [4.69, 9.17) is 11.6 Å². The van der Waals surface area contributed by atoms with E-state index in [1.807, 2.05) is 18.2 Å². The summed E-state index contributed by atoms with van der Waals surface area (Å²) >= 11 is 7.24. The number of anilines is 1. The summed E-state index contributed by atoms with van der Waals surface area (Å²) in [7, 11) is 0. The lowest BCUT2D eigenvalue weighted by Crippen LogP contribution is -2.12. The number of thiazole rings is 1. The summed E-state index contributed by atoms with van der Waals surface area (Å²) in [5.41, 5.74) is 0.926. The van der Waals surface area contributed by atoms with Gasteiger partial charge in [0.05, 0.1) is 0 Å². The van der Waals surface area contributed by atoms with Crippen molar-refractivity contribution in [2.45, 2.75) is 6.42 Å². The maximum absolute atomic E-state index is 13.2. The first-order valence-electron chi connectivity index (χ1n) is 6.96. The van der Waals surface area contributed by atoms with Gasteiger partial charge in [-0.25, -0.2) is 13.8 Å². The summed E-state index contributed by atoms with van der Waals surface area (Å²) in [6, 6.07) is 10.1. The van der Waals surface area contributed by atoms with Crippen molar-refractivity contribution >= 4 is 34.0 Å². The molecule has 0 radical (unpaired) electrons. The van der Waals surface area contributed by atoms with Crippen LogP contribution in [0.25, 0.3) is 0 Å². The second-order valence-electron chi connectivity index (χ2n) is 5.05. The Hall–Kier alpha value is -2.31. The van der Waals surface area contributed by atoms with Crippen LogP contribution in [-0.4, -0.2) is 10.9 Å². The Morgan fingerprint density at radius 1 is 1.17 bits per heavy atom. The van der Waals surface area contributed by atoms with Gasteiger partial charge in [0.25, 0.3) is 5.91 Å². The largest absolute Gasteiger partial charge is 0.298 e. The summed E-state index contributed by atoms with van der Waals surface area (Å²) in [5.74, 6) is -2.22. The average Bonchev–Trinajstić information content (AvgIpc) is 2.93. The number of carbonyl (C=O) groups excluding carboxylic acids is 1. The second kappa shape index (κ2) is 7.07. The SMILES string of the molecule is O=C(Nc1ncc(Cc2cccc(Cl)c2)s1)c1cc(F)cc(F)c1. The van der Waals surface area contributed by atoms with Crippen molar-refractivity contribution in [3.63, 3.8) is 0 Å². The lowest BCUT2D eigenvalue weighted by Gasteiger charge is -2.02. The van der Waals surface area contributed by atoms with Crippen molar-refractivity contribution in [3.8, 4) is 0 Å². The quantitative estimate of drug-likeness (QED) is 0.714. The summed E-state index contributed by atoms with van der Waals surface area (Å²) in [5, 5.41) is 3.55. The summed E-state index contributed by atoms with van der Waals surface area (Å²) in [6.07, 6.45) is 2.27. The molecule has 0 saturated carbocycles. The Labute approximate surface area is 145 Å². The molecule has 0 aliphatic heterocycles. The van der Waals surface area contributed by atoms with Crippen LogP contribution in [0.15, 0.2) is 48.7 Å². The van der Waals surface area contributed by atoms with E-state index in [0.29, 0.717) is 22.6 Å². The van der Waals surface area contributed by atoms with E-state index in [1.54, 1.807) is 12.3 Å². The van der Waals surface area contributed by atoms with Crippen LogP contribution < -0.4 is 5.32 Å². The number of nitrogens with zero attached hydrogens (tertiary/aromatic N) is 1. The fourth-order valence-electron chi connectivity index (χ4n) is 2.15. The Morgan fingerprint density at radius 3 is 2.62 bits per heavy atom. The highest BCUT2D eigenvalue weighted by Gasteiger charge is 2.12. The maximum Gasteiger partial charge on any atom is 0.257 e. The molecule has 0 atom stereocenters. The minimum atomic E-state index is -0.805. The van der Waals surface area contributed by atoms with Gasteiger partial charge in [-0.2, -0.15) is 0 Å². The Kier molecular flexibility index (Phi) is 4.87. The van der Waals surface area contributed by atoms with E-state index < -0.39 is 17.5 Å². The van der Waals surface area contributed by atoms with Crippen LogP contribution >= 0.6 is 22.9 Å². The molecule has 1 amide bonds. The number of halogens is 3. The van der Waals surface area contributed by atoms with Gasteiger partial charge in [-0.05, 0) is 29.8 Å². The van der Waals surface area contributed by atoms with E-state index in [9.17, 15) is 13.6 Å². The van der Waals surface area contributed by atoms with Gasteiger partial charge < -0.3 is 0 Å². The Morgan fingerprint density at radius 2 is 1.92 bits per heavy atom. The molecule has 0 aliphatic carbocycles. The molecule has 0 aliphatic rings. The number of benzene rings is 2. The van der Waals surface area contributed by atoms with E-state index in [2.05, 4.69) is 10.3 Å². The fraction of sp³-hybridized carbons (Fsp3) is 0.0588. The standard InChI is InChI=1S/C17H11ClF2N2OS/c18-12-3-1-2-10(4-12)5-15-9-21-17(24-15)22-16(23)11-6-13(19)8-14(20)7-11/h1-4,6-9H,5H2,(H,21,22,23). The summed E-state index contributed by atoms with van der Waals surface area (Å²) in [4.78, 5) is 17.1.